The Balaban J connectivity index is 1.31. The lowest BCUT2D eigenvalue weighted by Crippen LogP contribution is -2.41. The van der Waals surface area contributed by atoms with Crippen LogP contribution in [0.25, 0.3) is 0 Å². The number of hydrogen-bond donors (Lipinski definition) is 3. The predicted molar refractivity (Wildman–Crippen MR) is 76.7 cm³/mol. The molecule has 1 heterocycles. The summed E-state index contributed by atoms with van der Waals surface area (Å²) in [5.74, 6) is 1.35. The van der Waals surface area contributed by atoms with Crippen LogP contribution >= 0.6 is 0 Å². The number of para-hydroxylation sites is 1. The summed E-state index contributed by atoms with van der Waals surface area (Å²) in [7, 11) is 0. The lowest BCUT2D eigenvalue weighted by molar-refractivity contribution is -0.127. The zero-order valence-electron chi connectivity index (χ0n) is 11.7. The van der Waals surface area contributed by atoms with E-state index < -0.39 is 0 Å². The van der Waals surface area contributed by atoms with Gasteiger partial charge in [0, 0.05) is 19.1 Å². The molecule has 1 aliphatic heterocycles. The summed E-state index contributed by atoms with van der Waals surface area (Å²) in [5.41, 5.74) is 0. The minimum Gasteiger partial charge on any atom is -0.484 e. The van der Waals surface area contributed by atoms with Crippen molar-refractivity contribution < 1.29 is 14.3 Å². The molecule has 1 saturated heterocycles. The fraction of sp³-hybridized carbons (Fsp3) is 0.467. The van der Waals surface area contributed by atoms with Gasteiger partial charge < -0.3 is 20.7 Å². The van der Waals surface area contributed by atoms with Gasteiger partial charge in [0.05, 0.1) is 6.54 Å². The van der Waals surface area contributed by atoms with E-state index in [1.165, 1.54) is 0 Å². The summed E-state index contributed by atoms with van der Waals surface area (Å²) in [6.07, 6.45) is 0. The minimum absolute atomic E-state index is 0.000349. The van der Waals surface area contributed by atoms with E-state index in [2.05, 4.69) is 16.0 Å². The van der Waals surface area contributed by atoms with Gasteiger partial charge in [-0.1, -0.05) is 18.2 Å². The summed E-state index contributed by atoms with van der Waals surface area (Å²) < 4.78 is 5.30. The Hall–Kier alpha value is -2.08. The average Bonchev–Trinajstić information content (AvgIpc) is 2.94. The quantitative estimate of drug-likeness (QED) is 0.660. The molecule has 3 atom stereocenters. The third-order valence-corrected chi connectivity index (χ3v) is 3.98. The third-order valence-electron chi connectivity index (χ3n) is 3.98. The topological polar surface area (TPSA) is 79.5 Å². The van der Waals surface area contributed by atoms with E-state index in [9.17, 15) is 9.59 Å². The molecule has 1 aliphatic carbocycles. The number of carbonyl (C=O) groups excluding carboxylic acids is 2. The van der Waals surface area contributed by atoms with E-state index in [1.807, 2.05) is 18.2 Å². The van der Waals surface area contributed by atoms with Gasteiger partial charge in [-0.25, -0.2) is 0 Å². The maximum atomic E-state index is 11.7. The molecular weight excluding hydrogens is 270 g/mol. The number of rotatable bonds is 6. The molecule has 3 N–H and O–H groups in total. The maximum absolute atomic E-state index is 11.7. The van der Waals surface area contributed by atoms with E-state index in [-0.39, 0.29) is 31.0 Å². The summed E-state index contributed by atoms with van der Waals surface area (Å²) in [6, 6.07) is 9.39. The summed E-state index contributed by atoms with van der Waals surface area (Å²) in [4.78, 5) is 23.3. The Morgan fingerprint density at radius 3 is 2.57 bits per heavy atom. The number of fused-ring (bicyclic) bond motifs is 1. The van der Waals surface area contributed by atoms with Crippen molar-refractivity contribution in [2.75, 3.05) is 26.2 Å². The molecule has 1 saturated carbocycles. The van der Waals surface area contributed by atoms with Gasteiger partial charge in [-0.3, -0.25) is 9.59 Å². The molecule has 21 heavy (non-hydrogen) atoms. The molecule has 1 unspecified atom stereocenters. The van der Waals surface area contributed by atoms with Crippen LogP contribution in [0.4, 0.5) is 0 Å². The van der Waals surface area contributed by atoms with Gasteiger partial charge in [0.15, 0.2) is 6.61 Å². The molecule has 6 heteroatoms. The van der Waals surface area contributed by atoms with Gasteiger partial charge in [-0.05, 0) is 24.0 Å². The molecule has 2 aliphatic rings. The SMILES string of the molecule is O=C(COc1ccccc1)NCC(=O)NC1[C@H]2CNC[C@@H]12. The van der Waals surface area contributed by atoms with Crippen molar-refractivity contribution >= 4 is 11.8 Å². The second-order valence-corrected chi connectivity index (χ2v) is 5.46. The largest absolute Gasteiger partial charge is 0.484 e. The molecule has 0 radical (unpaired) electrons. The second-order valence-electron chi connectivity index (χ2n) is 5.46. The average molecular weight is 289 g/mol. The van der Waals surface area contributed by atoms with E-state index >= 15 is 0 Å². The van der Waals surface area contributed by atoms with Crippen molar-refractivity contribution in [3.05, 3.63) is 30.3 Å². The monoisotopic (exact) mass is 289 g/mol. The summed E-state index contributed by atoms with van der Waals surface area (Å²) in [6.45, 7) is 1.87. The fourth-order valence-corrected chi connectivity index (χ4v) is 2.76. The molecular formula is C15H19N3O3. The van der Waals surface area contributed by atoms with Crippen LogP contribution < -0.4 is 20.7 Å². The van der Waals surface area contributed by atoms with Crippen LogP contribution in [0.15, 0.2) is 30.3 Å². The predicted octanol–water partition coefficient (Wildman–Crippen LogP) is -0.484. The number of benzene rings is 1. The van der Waals surface area contributed by atoms with Crippen LogP contribution in [0.1, 0.15) is 0 Å². The molecule has 0 aromatic heterocycles. The number of nitrogens with one attached hydrogen (secondary N) is 3. The molecule has 2 fully saturated rings. The Bertz CT molecular complexity index is 510. The van der Waals surface area contributed by atoms with Gasteiger partial charge in [0.25, 0.3) is 5.91 Å². The van der Waals surface area contributed by atoms with Crippen molar-refractivity contribution in [3.8, 4) is 5.75 Å². The first-order chi connectivity index (χ1) is 10.2. The zero-order chi connectivity index (χ0) is 14.7. The van der Waals surface area contributed by atoms with Crippen LogP contribution in [-0.4, -0.2) is 44.1 Å². The number of piperidine rings is 1. The first-order valence-electron chi connectivity index (χ1n) is 7.18. The molecule has 1 aromatic rings. The Morgan fingerprint density at radius 2 is 1.86 bits per heavy atom. The van der Waals surface area contributed by atoms with Crippen LogP contribution in [-0.2, 0) is 9.59 Å². The normalized spacial score (nSPS) is 25.8. The highest BCUT2D eigenvalue weighted by atomic mass is 16.5. The lowest BCUT2D eigenvalue weighted by atomic mass is 10.3. The third kappa shape index (κ3) is 3.52. The van der Waals surface area contributed by atoms with Crippen molar-refractivity contribution in [2.45, 2.75) is 6.04 Å². The smallest absolute Gasteiger partial charge is 0.258 e. The van der Waals surface area contributed by atoms with Crippen LogP contribution in [0, 0.1) is 11.8 Å². The van der Waals surface area contributed by atoms with Crippen molar-refractivity contribution in [2.24, 2.45) is 11.8 Å². The molecule has 1 aromatic carbocycles. The molecule has 0 spiro atoms. The molecule has 2 amide bonds. The van der Waals surface area contributed by atoms with E-state index in [0.717, 1.165) is 13.1 Å². The van der Waals surface area contributed by atoms with Crippen molar-refractivity contribution in [1.82, 2.24) is 16.0 Å². The summed E-state index contributed by atoms with van der Waals surface area (Å²) >= 11 is 0. The van der Waals surface area contributed by atoms with Gasteiger partial charge >= 0.3 is 0 Å². The van der Waals surface area contributed by atoms with Crippen molar-refractivity contribution in [1.29, 1.82) is 0 Å². The number of amides is 2. The zero-order valence-corrected chi connectivity index (χ0v) is 11.7. The van der Waals surface area contributed by atoms with E-state index in [1.54, 1.807) is 12.1 Å². The Kier molecular flexibility index (Phi) is 4.06. The van der Waals surface area contributed by atoms with E-state index in [0.29, 0.717) is 17.6 Å². The van der Waals surface area contributed by atoms with Gasteiger partial charge in [0.1, 0.15) is 5.75 Å². The summed E-state index contributed by atoms with van der Waals surface area (Å²) in [5, 5.41) is 8.78. The van der Waals surface area contributed by atoms with Gasteiger partial charge in [-0.15, -0.1) is 0 Å². The lowest BCUT2D eigenvalue weighted by Gasteiger charge is -2.09. The molecule has 3 rings (SSSR count). The number of carbonyl (C=O) groups is 2. The molecule has 0 bridgehead atoms. The Labute approximate surface area is 123 Å². The highest BCUT2D eigenvalue weighted by Gasteiger charge is 2.53. The van der Waals surface area contributed by atoms with Gasteiger partial charge in [0.2, 0.25) is 5.91 Å². The first kappa shape index (κ1) is 13.9. The Morgan fingerprint density at radius 1 is 1.14 bits per heavy atom. The minimum atomic E-state index is -0.299. The molecule has 112 valence electrons. The van der Waals surface area contributed by atoms with Crippen LogP contribution in [0.5, 0.6) is 5.75 Å². The van der Waals surface area contributed by atoms with E-state index in [4.69, 9.17) is 4.74 Å². The maximum Gasteiger partial charge on any atom is 0.258 e. The second kappa shape index (κ2) is 6.13. The number of ether oxygens (including phenoxy) is 1. The van der Waals surface area contributed by atoms with Crippen LogP contribution in [0.2, 0.25) is 0 Å². The number of hydrogen-bond acceptors (Lipinski definition) is 4. The fourth-order valence-electron chi connectivity index (χ4n) is 2.76. The van der Waals surface area contributed by atoms with Crippen LogP contribution in [0.3, 0.4) is 0 Å². The highest BCUT2D eigenvalue weighted by Crippen LogP contribution is 2.41. The molecule has 6 nitrogen and oxygen atoms in total. The first-order valence-corrected chi connectivity index (χ1v) is 7.18. The standard InChI is InChI=1S/C15H19N3O3/c19-13(18-15-11-6-16-7-12(11)15)8-17-14(20)9-21-10-4-2-1-3-5-10/h1-5,11-12,15-16H,6-9H2,(H,17,20)(H,18,19)/t11-,12+,15?. The highest BCUT2D eigenvalue weighted by molar-refractivity contribution is 5.85. The van der Waals surface area contributed by atoms with Crippen molar-refractivity contribution in [3.63, 3.8) is 0 Å². The van der Waals surface area contributed by atoms with Gasteiger partial charge in [-0.2, -0.15) is 0 Å².